The van der Waals surface area contributed by atoms with Gasteiger partial charge in [-0.3, -0.25) is 0 Å². The van der Waals surface area contributed by atoms with Crippen LogP contribution in [0.25, 0.3) is 0 Å². The molecule has 0 amide bonds. The average molecular weight is 279 g/mol. The highest BCUT2D eigenvalue weighted by Crippen LogP contribution is 2.32. The van der Waals surface area contributed by atoms with Crippen molar-refractivity contribution < 1.29 is 9.47 Å². The standard InChI is InChI=1S/C17H29NO2/c1-14-7-8-16(15(13-14)17(2,3)4)20-11-6-9-18-10-12-19-5/h7-8,13,18H,6,9-12H2,1-5H3. The van der Waals surface area contributed by atoms with E-state index in [9.17, 15) is 0 Å². The number of benzene rings is 1. The van der Waals surface area contributed by atoms with Gasteiger partial charge >= 0.3 is 0 Å². The van der Waals surface area contributed by atoms with Crippen molar-refractivity contribution in [3.8, 4) is 5.75 Å². The molecule has 0 fully saturated rings. The number of rotatable bonds is 8. The molecule has 114 valence electrons. The number of methoxy groups -OCH3 is 1. The Balaban J connectivity index is 2.44. The van der Waals surface area contributed by atoms with Gasteiger partial charge in [0.1, 0.15) is 5.75 Å². The van der Waals surface area contributed by atoms with Crippen LogP contribution in [-0.2, 0) is 10.2 Å². The molecule has 0 saturated carbocycles. The van der Waals surface area contributed by atoms with E-state index in [4.69, 9.17) is 9.47 Å². The fourth-order valence-corrected chi connectivity index (χ4v) is 2.03. The van der Waals surface area contributed by atoms with E-state index >= 15 is 0 Å². The minimum Gasteiger partial charge on any atom is -0.493 e. The van der Waals surface area contributed by atoms with Gasteiger partial charge in [0, 0.05) is 13.7 Å². The van der Waals surface area contributed by atoms with Crippen LogP contribution in [-0.4, -0.2) is 33.4 Å². The molecule has 0 radical (unpaired) electrons. The van der Waals surface area contributed by atoms with E-state index in [0.717, 1.165) is 38.5 Å². The Morgan fingerprint density at radius 1 is 1.10 bits per heavy atom. The zero-order valence-corrected chi connectivity index (χ0v) is 13.6. The summed E-state index contributed by atoms with van der Waals surface area (Å²) in [5.74, 6) is 1.01. The first-order valence-electron chi connectivity index (χ1n) is 7.38. The number of aryl methyl sites for hydroxylation is 1. The fraction of sp³-hybridized carbons (Fsp3) is 0.647. The quantitative estimate of drug-likeness (QED) is 0.741. The van der Waals surface area contributed by atoms with Crippen LogP contribution in [0.3, 0.4) is 0 Å². The van der Waals surface area contributed by atoms with Gasteiger partial charge in [0.2, 0.25) is 0 Å². The molecule has 0 heterocycles. The van der Waals surface area contributed by atoms with Gasteiger partial charge in [-0.2, -0.15) is 0 Å². The molecule has 1 rings (SSSR count). The number of ether oxygens (including phenoxy) is 2. The molecule has 1 aromatic rings. The van der Waals surface area contributed by atoms with Crippen molar-refractivity contribution >= 4 is 0 Å². The van der Waals surface area contributed by atoms with Gasteiger partial charge in [0.25, 0.3) is 0 Å². The third kappa shape index (κ3) is 5.93. The summed E-state index contributed by atoms with van der Waals surface area (Å²) in [6.07, 6.45) is 1.00. The predicted molar refractivity (Wildman–Crippen MR) is 84.7 cm³/mol. The second kappa shape index (κ2) is 8.28. The van der Waals surface area contributed by atoms with Crippen LogP contribution in [0, 0.1) is 6.92 Å². The Kier molecular flexibility index (Phi) is 7.03. The van der Waals surface area contributed by atoms with Crippen molar-refractivity contribution in [2.24, 2.45) is 0 Å². The molecule has 0 aliphatic carbocycles. The summed E-state index contributed by atoms with van der Waals surface area (Å²) >= 11 is 0. The second-order valence-electron chi connectivity index (χ2n) is 6.19. The molecular formula is C17H29NO2. The summed E-state index contributed by atoms with van der Waals surface area (Å²) in [7, 11) is 1.72. The predicted octanol–water partition coefficient (Wildman–Crippen LogP) is 3.30. The number of nitrogens with one attached hydrogen (secondary N) is 1. The Morgan fingerprint density at radius 3 is 2.50 bits per heavy atom. The molecule has 0 aliphatic rings. The molecule has 0 saturated heterocycles. The van der Waals surface area contributed by atoms with Gasteiger partial charge in [-0.05, 0) is 36.9 Å². The maximum Gasteiger partial charge on any atom is 0.123 e. The van der Waals surface area contributed by atoms with Crippen LogP contribution in [0.2, 0.25) is 0 Å². The zero-order valence-electron chi connectivity index (χ0n) is 13.6. The van der Waals surface area contributed by atoms with E-state index in [1.165, 1.54) is 11.1 Å². The Hall–Kier alpha value is -1.06. The molecule has 0 bridgehead atoms. The first kappa shape index (κ1) is 17.0. The van der Waals surface area contributed by atoms with Crippen LogP contribution < -0.4 is 10.1 Å². The molecule has 0 aromatic heterocycles. The van der Waals surface area contributed by atoms with Crippen LogP contribution in [0.4, 0.5) is 0 Å². The maximum absolute atomic E-state index is 5.95. The van der Waals surface area contributed by atoms with Crippen LogP contribution in [0.1, 0.15) is 38.3 Å². The zero-order chi connectivity index (χ0) is 15.0. The second-order valence-corrected chi connectivity index (χ2v) is 6.19. The van der Waals surface area contributed by atoms with Crippen molar-refractivity contribution in [3.63, 3.8) is 0 Å². The smallest absolute Gasteiger partial charge is 0.123 e. The first-order valence-corrected chi connectivity index (χ1v) is 7.38. The van der Waals surface area contributed by atoms with Gasteiger partial charge in [0.05, 0.1) is 13.2 Å². The average Bonchev–Trinajstić information content (AvgIpc) is 2.38. The highest BCUT2D eigenvalue weighted by atomic mass is 16.5. The SMILES string of the molecule is COCCNCCCOc1ccc(C)cc1C(C)(C)C. The lowest BCUT2D eigenvalue weighted by Crippen LogP contribution is -2.22. The molecule has 0 atom stereocenters. The molecule has 0 aliphatic heterocycles. The van der Waals surface area contributed by atoms with Crippen molar-refractivity contribution in [3.05, 3.63) is 29.3 Å². The molecule has 3 nitrogen and oxygen atoms in total. The van der Waals surface area contributed by atoms with Gasteiger partial charge < -0.3 is 14.8 Å². The Morgan fingerprint density at radius 2 is 1.85 bits per heavy atom. The Labute approximate surface area is 123 Å². The lowest BCUT2D eigenvalue weighted by Gasteiger charge is -2.23. The van der Waals surface area contributed by atoms with Crippen molar-refractivity contribution in [2.75, 3.05) is 33.4 Å². The van der Waals surface area contributed by atoms with E-state index in [2.05, 4.69) is 51.2 Å². The summed E-state index contributed by atoms with van der Waals surface area (Å²) in [5, 5.41) is 3.32. The summed E-state index contributed by atoms with van der Waals surface area (Å²) < 4.78 is 10.9. The molecule has 20 heavy (non-hydrogen) atoms. The van der Waals surface area contributed by atoms with E-state index in [1.807, 2.05) is 0 Å². The summed E-state index contributed by atoms with van der Waals surface area (Å²) in [5.41, 5.74) is 2.67. The van der Waals surface area contributed by atoms with Crippen molar-refractivity contribution in [1.82, 2.24) is 5.32 Å². The van der Waals surface area contributed by atoms with Gasteiger partial charge in [-0.15, -0.1) is 0 Å². The van der Waals surface area contributed by atoms with Crippen molar-refractivity contribution in [1.29, 1.82) is 0 Å². The lowest BCUT2D eigenvalue weighted by atomic mass is 9.85. The summed E-state index contributed by atoms with van der Waals surface area (Å²) in [4.78, 5) is 0. The normalized spacial score (nSPS) is 11.7. The third-order valence-electron chi connectivity index (χ3n) is 3.18. The van der Waals surface area contributed by atoms with Crippen LogP contribution >= 0.6 is 0 Å². The maximum atomic E-state index is 5.95. The van der Waals surface area contributed by atoms with Gasteiger partial charge in [-0.25, -0.2) is 0 Å². The monoisotopic (exact) mass is 279 g/mol. The van der Waals surface area contributed by atoms with Gasteiger partial charge in [0.15, 0.2) is 0 Å². The van der Waals surface area contributed by atoms with E-state index in [0.29, 0.717) is 0 Å². The highest BCUT2D eigenvalue weighted by Gasteiger charge is 2.18. The minimum absolute atomic E-state index is 0.109. The molecular weight excluding hydrogens is 250 g/mol. The molecule has 0 unspecified atom stereocenters. The molecule has 3 heteroatoms. The van der Waals surface area contributed by atoms with Gasteiger partial charge in [-0.1, -0.05) is 38.5 Å². The molecule has 0 spiro atoms. The van der Waals surface area contributed by atoms with Crippen LogP contribution in [0.5, 0.6) is 5.75 Å². The topological polar surface area (TPSA) is 30.5 Å². The molecule has 1 aromatic carbocycles. The number of hydrogen-bond acceptors (Lipinski definition) is 3. The van der Waals surface area contributed by atoms with E-state index in [1.54, 1.807) is 7.11 Å². The lowest BCUT2D eigenvalue weighted by molar-refractivity contribution is 0.198. The summed E-state index contributed by atoms with van der Waals surface area (Å²) in [6.45, 7) is 12.1. The highest BCUT2D eigenvalue weighted by molar-refractivity contribution is 5.41. The number of hydrogen-bond donors (Lipinski definition) is 1. The first-order chi connectivity index (χ1) is 9.45. The Bertz CT molecular complexity index is 396. The summed E-state index contributed by atoms with van der Waals surface area (Å²) in [6, 6.07) is 6.43. The molecule has 1 N–H and O–H groups in total. The van der Waals surface area contributed by atoms with E-state index in [-0.39, 0.29) is 5.41 Å². The largest absolute Gasteiger partial charge is 0.493 e. The minimum atomic E-state index is 0.109. The van der Waals surface area contributed by atoms with Crippen molar-refractivity contribution in [2.45, 2.75) is 39.5 Å². The van der Waals surface area contributed by atoms with Crippen LogP contribution in [0.15, 0.2) is 18.2 Å². The third-order valence-corrected chi connectivity index (χ3v) is 3.18. The fourth-order valence-electron chi connectivity index (χ4n) is 2.03. The van der Waals surface area contributed by atoms with E-state index < -0.39 is 0 Å².